The van der Waals surface area contributed by atoms with Gasteiger partial charge in [-0.1, -0.05) is 30.3 Å². The zero-order chi connectivity index (χ0) is 21.5. The van der Waals surface area contributed by atoms with Gasteiger partial charge < -0.3 is 10.0 Å². The second-order valence-corrected chi connectivity index (χ2v) is 7.68. The number of carbonyl (C=O) groups is 1. The second-order valence-electron chi connectivity index (χ2n) is 7.68. The third kappa shape index (κ3) is 3.22. The molecular weight excluding hydrogens is 396 g/mol. The highest BCUT2D eigenvalue weighted by Crippen LogP contribution is 2.44. The first-order chi connectivity index (χ1) is 15.0. The molecule has 0 aromatic heterocycles. The van der Waals surface area contributed by atoms with E-state index in [4.69, 9.17) is 0 Å². The van der Waals surface area contributed by atoms with Gasteiger partial charge in [0.05, 0.1) is 10.6 Å². The number of amides is 1. The molecule has 156 valence electrons. The molecule has 2 aliphatic rings. The molecule has 1 fully saturated rings. The van der Waals surface area contributed by atoms with Gasteiger partial charge in [-0.05, 0) is 54.3 Å². The van der Waals surface area contributed by atoms with Gasteiger partial charge >= 0.3 is 0 Å². The summed E-state index contributed by atoms with van der Waals surface area (Å²) in [5, 5.41) is 22.3. The number of nitrogens with one attached hydrogen (secondary N) is 1. The van der Waals surface area contributed by atoms with E-state index >= 15 is 0 Å². The van der Waals surface area contributed by atoms with E-state index in [-0.39, 0.29) is 23.4 Å². The number of fused-ring (bicyclic) bond motifs is 3. The van der Waals surface area contributed by atoms with Crippen molar-refractivity contribution in [2.45, 2.75) is 25.0 Å². The lowest BCUT2D eigenvalue weighted by atomic mass is 9.96. The molecule has 0 aliphatic carbocycles. The zero-order valence-electron chi connectivity index (χ0n) is 16.5. The molecule has 0 spiro atoms. The lowest BCUT2D eigenvalue weighted by molar-refractivity contribution is -0.384. The highest BCUT2D eigenvalue weighted by Gasteiger charge is 2.49. The molecule has 1 saturated heterocycles. The Balaban J connectivity index is 1.57. The van der Waals surface area contributed by atoms with Gasteiger partial charge in [0.15, 0.2) is 6.17 Å². The first-order valence-corrected chi connectivity index (χ1v) is 10.0. The summed E-state index contributed by atoms with van der Waals surface area (Å²) in [4.78, 5) is 26.1. The molecule has 2 heterocycles. The van der Waals surface area contributed by atoms with Crippen LogP contribution in [-0.2, 0) is 11.2 Å². The molecule has 31 heavy (non-hydrogen) atoms. The number of benzene rings is 3. The Hall–Kier alpha value is -4.07. The number of phenols is 1. The number of nitrogens with zero attached hydrogens (tertiary/aromatic N) is 3. The van der Waals surface area contributed by atoms with Gasteiger partial charge in [0.25, 0.3) is 11.6 Å². The SMILES string of the molecule is O=C1C2CCc3ccccc3N2[C@@H](c2ccc(O)cc2)N1Nc1ccc([N+](=O)[O-])cc1. The van der Waals surface area contributed by atoms with Crippen LogP contribution in [0.15, 0.2) is 72.8 Å². The third-order valence-electron chi connectivity index (χ3n) is 5.84. The average molecular weight is 416 g/mol. The molecule has 0 radical (unpaired) electrons. The van der Waals surface area contributed by atoms with Crippen LogP contribution in [0.5, 0.6) is 5.75 Å². The molecule has 1 unspecified atom stereocenters. The Bertz CT molecular complexity index is 1150. The first kappa shape index (κ1) is 18.9. The number of phenolic OH excluding ortho intramolecular Hbond substituents is 1. The minimum atomic E-state index is -0.457. The predicted molar refractivity (Wildman–Crippen MR) is 115 cm³/mol. The molecule has 3 aromatic carbocycles. The number of hydrogen-bond donors (Lipinski definition) is 2. The van der Waals surface area contributed by atoms with Crippen molar-refractivity contribution in [1.82, 2.24) is 5.01 Å². The normalized spacial score (nSPS) is 19.7. The summed E-state index contributed by atoms with van der Waals surface area (Å²) < 4.78 is 0. The van der Waals surface area contributed by atoms with Crippen LogP contribution in [-0.4, -0.2) is 27.0 Å². The molecule has 0 bridgehead atoms. The maximum absolute atomic E-state index is 13.4. The Labute approximate surface area is 178 Å². The van der Waals surface area contributed by atoms with Gasteiger partial charge in [-0.3, -0.25) is 20.3 Å². The number of nitro groups is 1. The summed E-state index contributed by atoms with van der Waals surface area (Å²) in [7, 11) is 0. The molecule has 3 aromatic rings. The Morgan fingerprint density at radius 3 is 2.42 bits per heavy atom. The lowest BCUT2D eigenvalue weighted by Crippen LogP contribution is -2.38. The number of non-ortho nitro benzene ring substituents is 1. The number of hydrogen-bond acceptors (Lipinski definition) is 6. The van der Waals surface area contributed by atoms with Crippen LogP contribution < -0.4 is 10.3 Å². The topological polar surface area (TPSA) is 99.0 Å². The van der Waals surface area contributed by atoms with E-state index in [1.54, 1.807) is 41.4 Å². The zero-order valence-corrected chi connectivity index (χ0v) is 16.5. The fraction of sp³-hybridized carbons (Fsp3) is 0.174. The van der Waals surface area contributed by atoms with E-state index in [1.807, 2.05) is 18.2 Å². The lowest BCUT2D eigenvalue weighted by Gasteiger charge is -2.37. The summed E-state index contributed by atoms with van der Waals surface area (Å²) in [6.07, 6.45) is 1.08. The number of carbonyl (C=O) groups excluding carboxylic acids is 1. The number of para-hydroxylation sites is 1. The van der Waals surface area contributed by atoms with Gasteiger partial charge in [0.1, 0.15) is 11.8 Å². The van der Waals surface area contributed by atoms with Crippen molar-refractivity contribution in [2.75, 3.05) is 10.3 Å². The number of anilines is 2. The van der Waals surface area contributed by atoms with E-state index in [0.717, 1.165) is 17.7 Å². The Kier molecular flexibility index (Phi) is 4.47. The molecule has 0 saturated carbocycles. The van der Waals surface area contributed by atoms with Crippen molar-refractivity contribution < 1.29 is 14.8 Å². The molecule has 2 N–H and O–H groups in total. The number of nitro benzene ring substituents is 1. The van der Waals surface area contributed by atoms with E-state index in [1.165, 1.54) is 17.7 Å². The Morgan fingerprint density at radius 1 is 1.00 bits per heavy atom. The van der Waals surface area contributed by atoms with E-state index in [0.29, 0.717) is 12.1 Å². The summed E-state index contributed by atoms with van der Waals surface area (Å²) in [6.45, 7) is 0. The number of rotatable bonds is 4. The van der Waals surface area contributed by atoms with Crippen LogP contribution in [0, 0.1) is 10.1 Å². The molecule has 8 nitrogen and oxygen atoms in total. The fourth-order valence-corrected chi connectivity index (χ4v) is 4.39. The molecule has 5 rings (SSSR count). The van der Waals surface area contributed by atoms with Crippen molar-refractivity contribution in [3.05, 3.63) is 94.0 Å². The van der Waals surface area contributed by atoms with Crippen molar-refractivity contribution in [2.24, 2.45) is 0 Å². The minimum Gasteiger partial charge on any atom is -0.508 e. The number of aromatic hydroxyl groups is 1. The highest BCUT2D eigenvalue weighted by atomic mass is 16.6. The standard InChI is InChI=1S/C23H20N4O4/c28-19-12-5-16(6-13-19)22-25-20-4-2-1-3-15(20)7-14-21(25)23(29)26(22)24-17-8-10-18(11-9-17)27(30)31/h1-6,8-13,21-22,24,28H,7,14H2/t21?,22-/m1/s1. The first-order valence-electron chi connectivity index (χ1n) is 10.0. The van der Waals surface area contributed by atoms with E-state index < -0.39 is 11.1 Å². The van der Waals surface area contributed by atoms with Gasteiger partial charge in [0, 0.05) is 17.8 Å². The smallest absolute Gasteiger partial charge is 0.269 e. The molecule has 2 atom stereocenters. The highest BCUT2D eigenvalue weighted by molar-refractivity contribution is 5.92. The van der Waals surface area contributed by atoms with Crippen LogP contribution in [0.1, 0.15) is 23.7 Å². The maximum Gasteiger partial charge on any atom is 0.269 e. The van der Waals surface area contributed by atoms with Crippen molar-refractivity contribution in [3.8, 4) is 5.75 Å². The minimum absolute atomic E-state index is 0.0141. The largest absolute Gasteiger partial charge is 0.508 e. The van der Waals surface area contributed by atoms with E-state index in [2.05, 4.69) is 16.4 Å². The van der Waals surface area contributed by atoms with Gasteiger partial charge in [-0.25, -0.2) is 5.01 Å². The summed E-state index contributed by atoms with van der Waals surface area (Å²) >= 11 is 0. The van der Waals surface area contributed by atoms with Crippen LogP contribution in [0.4, 0.5) is 17.1 Å². The fourth-order valence-electron chi connectivity index (χ4n) is 4.39. The molecular formula is C23H20N4O4. The van der Waals surface area contributed by atoms with Crippen molar-refractivity contribution in [3.63, 3.8) is 0 Å². The van der Waals surface area contributed by atoms with E-state index in [9.17, 15) is 20.0 Å². The van der Waals surface area contributed by atoms with Crippen LogP contribution >= 0.6 is 0 Å². The number of aryl methyl sites for hydroxylation is 1. The van der Waals surface area contributed by atoms with Crippen LogP contribution in [0.3, 0.4) is 0 Å². The van der Waals surface area contributed by atoms with Crippen LogP contribution in [0.2, 0.25) is 0 Å². The molecule has 2 aliphatic heterocycles. The predicted octanol–water partition coefficient (Wildman–Crippen LogP) is 3.99. The average Bonchev–Trinajstić information content (AvgIpc) is 3.07. The summed E-state index contributed by atoms with van der Waals surface area (Å²) in [5.74, 6) is 0.0875. The summed E-state index contributed by atoms with van der Waals surface area (Å²) in [5.41, 5.74) is 6.78. The van der Waals surface area contributed by atoms with Gasteiger partial charge in [-0.2, -0.15) is 0 Å². The third-order valence-corrected chi connectivity index (χ3v) is 5.84. The number of hydrazine groups is 1. The monoisotopic (exact) mass is 416 g/mol. The maximum atomic E-state index is 13.4. The van der Waals surface area contributed by atoms with Crippen LogP contribution in [0.25, 0.3) is 0 Å². The summed E-state index contributed by atoms with van der Waals surface area (Å²) in [6, 6.07) is 20.5. The van der Waals surface area contributed by atoms with Crippen molar-refractivity contribution >= 4 is 23.0 Å². The quantitative estimate of drug-likeness (QED) is 0.493. The van der Waals surface area contributed by atoms with Gasteiger partial charge in [0.2, 0.25) is 0 Å². The molecule has 8 heteroatoms. The van der Waals surface area contributed by atoms with Gasteiger partial charge in [-0.15, -0.1) is 0 Å². The second kappa shape index (κ2) is 7.32. The van der Waals surface area contributed by atoms with Crippen molar-refractivity contribution in [1.29, 1.82) is 0 Å². The Morgan fingerprint density at radius 2 is 1.71 bits per heavy atom. The molecule has 1 amide bonds.